The van der Waals surface area contributed by atoms with Crippen molar-refractivity contribution in [2.24, 2.45) is 0 Å². The average Bonchev–Trinajstić information content (AvgIpc) is 2.50. The number of aryl methyl sites for hydroxylation is 3. The second-order valence-corrected chi connectivity index (χ2v) is 9.37. The summed E-state index contributed by atoms with van der Waals surface area (Å²) in [6.45, 7) is 5.52. The minimum atomic E-state index is -4.18. The Balaban J connectivity index is 2.00. The van der Waals surface area contributed by atoms with Crippen LogP contribution in [-0.4, -0.2) is 0 Å². The van der Waals surface area contributed by atoms with E-state index in [0.717, 1.165) is 16.7 Å². The summed E-state index contributed by atoms with van der Waals surface area (Å²) in [4.78, 5) is 0. The van der Waals surface area contributed by atoms with Crippen molar-refractivity contribution in [3.05, 3.63) is 86.4 Å². The molecule has 3 aromatic carbocycles. The lowest BCUT2D eigenvalue weighted by Crippen LogP contribution is -2.08. The Morgan fingerprint density at radius 1 is 0.552 bits per heavy atom. The zero-order chi connectivity index (χ0) is 21.2. The molecule has 0 aliphatic rings. The Labute approximate surface area is 184 Å². The maximum Gasteiger partial charge on any atom is 0.647 e. The van der Waals surface area contributed by atoms with Crippen LogP contribution in [-0.2, 0) is 4.57 Å². The van der Waals surface area contributed by atoms with Gasteiger partial charge in [-0.3, -0.25) is 0 Å². The summed E-state index contributed by atoms with van der Waals surface area (Å²) < 4.78 is 30.6. The van der Waals surface area contributed by atoms with Crippen molar-refractivity contribution >= 4 is 42.6 Å². The third-order valence-electron chi connectivity index (χ3n) is 3.70. The predicted octanol–water partition coefficient (Wildman–Crippen LogP) is 8.22. The monoisotopic (exact) mass is 470 g/mol. The summed E-state index contributed by atoms with van der Waals surface area (Å²) in [5, 5.41) is 1.30. The molecule has 29 heavy (non-hydrogen) atoms. The van der Waals surface area contributed by atoms with Crippen LogP contribution in [0.3, 0.4) is 0 Å². The van der Waals surface area contributed by atoms with Gasteiger partial charge in [-0.15, -0.1) is 0 Å². The van der Waals surface area contributed by atoms with E-state index in [1.165, 1.54) is 18.2 Å². The smallest absolute Gasteiger partial charge is 0.386 e. The first-order valence-corrected chi connectivity index (χ1v) is 11.2. The van der Waals surface area contributed by atoms with Gasteiger partial charge in [0.05, 0.1) is 0 Å². The summed E-state index contributed by atoms with van der Waals surface area (Å²) >= 11 is 18.3. The van der Waals surface area contributed by atoms with Gasteiger partial charge in [0.2, 0.25) is 0 Å². The number of rotatable bonds is 6. The second kappa shape index (κ2) is 8.89. The summed E-state index contributed by atoms with van der Waals surface area (Å²) in [6, 6.07) is 14.9. The van der Waals surface area contributed by atoms with Crippen molar-refractivity contribution in [3.8, 4) is 17.2 Å². The van der Waals surface area contributed by atoms with Crippen molar-refractivity contribution in [3.63, 3.8) is 0 Å². The number of benzene rings is 3. The molecule has 0 N–H and O–H groups in total. The maximum atomic E-state index is 13.6. The van der Waals surface area contributed by atoms with E-state index in [2.05, 4.69) is 0 Å². The van der Waals surface area contributed by atoms with Gasteiger partial charge in [-0.2, -0.15) is 4.57 Å². The molecular formula is C21H18Cl3O4P. The molecule has 8 heteroatoms. The van der Waals surface area contributed by atoms with E-state index in [-0.39, 0.29) is 17.2 Å². The van der Waals surface area contributed by atoms with E-state index in [4.69, 9.17) is 48.4 Å². The first-order chi connectivity index (χ1) is 13.6. The molecular weight excluding hydrogens is 454 g/mol. The minimum Gasteiger partial charge on any atom is -0.386 e. The molecule has 0 fully saturated rings. The molecule has 0 saturated carbocycles. The van der Waals surface area contributed by atoms with Gasteiger partial charge in [0.1, 0.15) is 17.2 Å². The van der Waals surface area contributed by atoms with Crippen LogP contribution in [0.1, 0.15) is 16.7 Å². The van der Waals surface area contributed by atoms with Crippen molar-refractivity contribution in [1.82, 2.24) is 0 Å². The Bertz CT molecular complexity index is 904. The molecule has 0 saturated heterocycles. The van der Waals surface area contributed by atoms with E-state index in [1.54, 1.807) is 36.4 Å². The topological polar surface area (TPSA) is 44.8 Å². The Hall–Kier alpha value is -1.84. The molecule has 0 amide bonds. The molecule has 0 heterocycles. The van der Waals surface area contributed by atoms with E-state index >= 15 is 0 Å². The minimum absolute atomic E-state index is 0.246. The highest BCUT2D eigenvalue weighted by Gasteiger charge is 2.34. The lowest BCUT2D eigenvalue weighted by Gasteiger charge is -2.20. The molecule has 0 radical (unpaired) electrons. The van der Waals surface area contributed by atoms with Gasteiger partial charge >= 0.3 is 7.82 Å². The van der Waals surface area contributed by atoms with Crippen molar-refractivity contribution in [2.75, 3.05) is 0 Å². The van der Waals surface area contributed by atoms with Gasteiger partial charge in [0.15, 0.2) is 0 Å². The van der Waals surface area contributed by atoms with Crippen molar-refractivity contribution in [1.29, 1.82) is 0 Å². The average molecular weight is 472 g/mol. The Morgan fingerprint density at radius 3 is 1.07 bits per heavy atom. The first kappa shape index (κ1) is 21.9. The number of halogens is 3. The van der Waals surface area contributed by atoms with Crippen LogP contribution in [0.4, 0.5) is 0 Å². The highest BCUT2D eigenvalue weighted by Crippen LogP contribution is 2.51. The molecule has 4 nitrogen and oxygen atoms in total. The summed E-state index contributed by atoms with van der Waals surface area (Å²) in [6.07, 6.45) is 0. The number of hydrogen-bond donors (Lipinski definition) is 0. The van der Waals surface area contributed by atoms with E-state index in [0.29, 0.717) is 15.1 Å². The molecule has 0 aliphatic carbocycles. The Morgan fingerprint density at radius 2 is 0.828 bits per heavy atom. The van der Waals surface area contributed by atoms with Gasteiger partial charge < -0.3 is 13.6 Å². The second-order valence-electron chi connectivity index (χ2n) is 6.61. The number of phosphoric acid groups is 1. The molecule has 3 rings (SSSR count). The van der Waals surface area contributed by atoms with E-state index in [1.807, 2.05) is 20.8 Å². The predicted molar refractivity (Wildman–Crippen MR) is 118 cm³/mol. The van der Waals surface area contributed by atoms with Crippen LogP contribution in [0.5, 0.6) is 17.2 Å². The SMILES string of the molecule is Cc1cc(Cl)cc(OP(=O)(Oc2cc(C)cc(Cl)c2)Oc2cc(C)cc(Cl)c2)c1. The van der Waals surface area contributed by atoms with Gasteiger partial charge in [-0.25, -0.2) is 0 Å². The third-order valence-corrected chi connectivity index (χ3v) is 5.66. The molecule has 0 aliphatic heterocycles. The number of phosphoric ester groups is 1. The Kier molecular flexibility index (Phi) is 6.70. The fraction of sp³-hybridized carbons (Fsp3) is 0.143. The van der Waals surface area contributed by atoms with Crippen LogP contribution >= 0.6 is 42.6 Å². The lowest BCUT2D eigenvalue weighted by molar-refractivity contribution is 0.298. The molecule has 3 aromatic rings. The summed E-state index contributed by atoms with van der Waals surface area (Å²) in [5.41, 5.74) is 2.49. The zero-order valence-electron chi connectivity index (χ0n) is 15.9. The van der Waals surface area contributed by atoms with Gasteiger partial charge in [0.25, 0.3) is 0 Å². The normalized spacial score (nSPS) is 11.2. The van der Waals surface area contributed by atoms with Crippen LogP contribution in [0.25, 0.3) is 0 Å². The summed E-state index contributed by atoms with van der Waals surface area (Å²) in [7, 11) is -4.18. The molecule has 0 atom stereocenters. The van der Waals surface area contributed by atoms with Gasteiger partial charge in [0, 0.05) is 15.1 Å². The molecule has 0 unspecified atom stereocenters. The summed E-state index contributed by atoms with van der Waals surface area (Å²) in [5.74, 6) is 0.738. The fourth-order valence-corrected chi connectivity index (χ4v) is 4.75. The fourth-order valence-electron chi connectivity index (χ4n) is 2.71. The largest absolute Gasteiger partial charge is 0.647 e. The maximum absolute atomic E-state index is 13.6. The van der Waals surface area contributed by atoms with Crippen LogP contribution in [0.2, 0.25) is 15.1 Å². The van der Waals surface area contributed by atoms with Crippen LogP contribution in [0, 0.1) is 20.8 Å². The third kappa shape index (κ3) is 6.32. The van der Waals surface area contributed by atoms with Gasteiger partial charge in [-0.05, 0) is 92.1 Å². The first-order valence-electron chi connectivity index (χ1n) is 8.61. The highest BCUT2D eigenvalue weighted by atomic mass is 35.5. The molecule has 0 bridgehead atoms. The standard InChI is InChI=1S/C21H18Cl3O4P/c1-13-4-16(22)10-19(7-13)26-29(25,27-20-8-14(2)5-17(23)11-20)28-21-9-15(3)6-18(24)12-21/h4-12H,1-3H3. The molecule has 0 aromatic heterocycles. The highest BCUT2D eigenvalue weighted by molar-refractivity contribution is 7.49. The van der Waals surface area contributed by atoms with Crippen LogP contribution in [0.15, 0.2) is 54.6 Å². The van der Waals surface area contributed by atoms with E-state index in [9.17, 15) is 4.57 Å². The van der Waals surface area contributed by atoms with Gasteiger partial charge in [-0.1, -0.05) is 34.8 Å². The van der Waals surface area contributed by atoms with E-state index < -0.39 is 7.82 Å². The van der Waals surface area contributed by atoms with Crippen LogP contribution < -0.4 is 13.6 Å². The quantitative estimate of drug-likeness (QED) is 0.340. The number of hydrogen-bond acceptors (Lipinski definition) is 4. The molecule has 0 spiro atoms. The molecule has 152 valence electrons. The van der Waals surface area contributed by atoms with Crippen molar-refractivity contribution in [2.45, 2.75) is 20.8 Å². The zero-order valence-corrected chi connectivity index (χ0v) is 19.1. The van der Waals surface area contributed by atoms with Crippen molar-refractivity contribution < 1.29 is 18.1 Å². The lowest BCUT2D eigenvalue weighted by atomic mass is 10.2.